The number of hydrogen-bond acceptors (Lipinski definition) is 4. The summed E-state index contributed by atoms with van der Waals surface area (Å²) in [6.07, 6.45) is 3.84. The smallest absolute Gasteiger partial charge is 0.288 e. The van der Waals surface area contributed by atoms with Crippen LogP contribution in [0, 0.1) is 10.1 Å². The third-order valence-corrected chi connectivity index (χ3v) is 4.84. The molecule has 2 saturated heterocycles. The van der Waals surface area contributed by atoms with Crippen LogP contribution in [0.3, 0.4) is 0 Å². The number of halogens is 1. The molecule has 2 aliphatic rings. The van der Waals surface area contributed by atoms with E-state index >= 15 is 0 Å². The van der Waals surface area contributed by atoms with E-state index in [9.17, 15) is 10.1 Å². The molecule has 1 aromatic carbocycles. The molecule has 2 fully saturated rings. The van der Waals surface area contributed by atoms with Gasteiger partial charge in [-0.25, -0.2) is 0 Å². The van der Waals surface area contributed by atoms with E-state index in [-0.39, 0.29) is 10.7 Å². The Balaban J connectivity index is 1.62. The standard InChI is InChI=1S/C15H20ClN3O2/c16-14-4-3-12(9-15(14)19(20)21)10-17-8-5-13(11-17)18-6-1-2-7-18/h3-4,9,13H,1-2,5-8,10-11H2. The molecule has 0 radical (unpaired) electrons. The highest BCUT2D eigenvalue weighted by Gasteiger charge is 2.29. The summed E-state index contributed by atoms with van der Waals surface area (Å²) in [5.41, 5.74) is 0.970. The molecular formula is C15H20ClN3O2. The van der Waals surface area contributed by atoms with E-state index in [0.717, 1.165) is 25.2 Å². The number of likely N-dealkylation sites (tertiary alicyclic amines) is 2. The first-order valence-electron chi connectivity index (χ1n) is 7.53. The van der Waals surface area contributed by atoms with Crippen molar-refractivity contribution in [2.75, 3.05) is 26.2 Å². The van der Waals surface area contributed by atoms with Gasteiger partial charge in [-0.1, -0.05) is 17.7 Å². The van der Waals surface area contributed by atoms with E-state index in [4.69, 9.17) is 11.6 Å². The van der Waals surface area contributed by atoms with Crippen LogP contribution in [0.25, 0.3) is 0 Å². The SMILES string of the molecule is O=[N+]([O-])c1cc(CN2CCC(N3CCCC3)C2)ccc1Cl. The van der Waals surface area contributed by atoms with E-state index < -0.39 is 4.92 Å². The summed E-state index contributed by atoms with van der Waals surface area (Å²) in [4.78, 5) is 15.5. The Bertz CT molecular complexity index is 532. The minimum atomic E-state index is -0.414. The quantitative estimate of drug-likeness (QED) is 0.634. The Hall–Kier alpha value is -1.17. The van der Waals surface area contributed by atoms with Gasteiger partial charge in [0.05, 0.1) is 4.92 Å². The molecule has 3 rings (SSSR count). The first-order chi connectivity index (χ1) is 10.1. The highest BCUT2D eigenvalue weighted by Crippen LogP contribution is 2.27. The average Bonchev–Trinajstić information content (AvgIpc) is 3.11. The van der Waals surface area contributed by atoms with Gasteiger partial charge in [0.25, 0.3) is 5.69 Å². The normalized spacial score (nSPS) is 23.8. The fourth-order valence-electron chi connectivity index (χ4n) is 3.42. The van der Waals surface area contributed by atoms with Crippen molar-refractivity contribution < 1.29 is 4.92 Å². The van der Waals surface area contributed by atoms with Crippen molar-refractivity contribution >= 4 is 17.3 Å². The molecule has 0 N–H and O–H groups in total. The Morgan fingerprint density at radius 3 is 2.76 bits per heavy atom. The van der Waals surface area contributed by atoms with Crippen molar-refractivity contribution in [2.45, 2.75) is 31.8 Å². The summed E-state index contributed by atoms with van der Waals surface area (Å²) in [5, 5.41) is 11.1. The summed E-state index contributed by atoms with van der Waals surface area (Å²) < 4.78 is 0. The van der Waals surface area contributed by atoms with Crippen LogP contribution >= 0.6 is 11.6 Å². The maximum absolute atomic E-state index is 10.9. The number of nitrogens with zero attached hydrogens (tertiary/aromatic N) is 3. The molecule has 1 atom stereocenters. The lowest BCUT2D eigenvalue weighted by Crippen LogP contribution is -2.35. The zero-order valence-corrected chi connectivity index (χ0v) is 12.8. The minimum Gasteiger partial charge on any atom is -0.299 e. The molecule has 114 valence electrons. The summed E-state index contributed by atoms with van der Waals surface area (Å²) in [7, 11) is 0. The van der Waals surface area contributed by atoms with Gasteiger partial charge in [0, 0.05) is 31.7 Å². The predicted octanol–water partition coefficient (Wildman–Crippen LogP) is 2.92. The monoisotopic (exact) mass is 309 g/mol. The van der Waals surface area contributed by atoms with E-state index in [1.54, 1.807) is 12.1 Å². The number of hydrogen-bond donors (Lipinski definition) is 0. The fourth-order valence-corrected chi connectivity index (χ4v) is 3.60. The first-order valence-corrected chi connectivity index (χ1v) is 7.90. The molecule has 0 aromatic heterocycles. The van der Waals surface area contributed by atoms with Crippen LogP contribution in [0.5, 0.6) is 0 Å². The average molecular weight is 310 g/mol. The molecular weight excluding hydrogens is 290 g/mol. The van der Waals surface area contributed by atoms with Crippen LogP contribution in [-0.2, 0) is 6.54 Å². The Morgan fingerprint density at radius 1 is 1.29 bits per heavy atom. The first kappa shape index (κ1) is 14.8. The molecule has 2 heterocycles. The van der Waals surface area contributed by atoms with E-state index in [0.29, 0.717) is 6.04 Å². The zero-order chi connectivity index (χ0) is 14.8. The Morgan fingerprint density at radius 2 is 2.05 bits per heavy atom. The van der Waals surface area contributed by atoms with Crippen LogP contribution in [0.4, 0.5) is 5.69 Å². The molecule has 0 spiro atoms. The maximum Gasteiger partial charge on any atom is 0.288 e. The van der Waals surface area contributed by atoms with Crippen molar-refractivity contribution in [2.24, 2.45) is 0 Å². The van der Waals surface area contributed by atoms with Gasteiger partial charge in [-0.05, 0) is 44.0 Å². The minimum absolute atomic E-state index is 0.00413. The lowest BCUT2D eigenvalue weighted by atomic mass is 10.2. The molecule has 5 nitrogen and oxygen atoms in total. The van der Waals surface area contributed by atoms with Gasteiger partial charge in [-0.15, -0.1) is 0 Å². The van der Waals surface area contributed by atoms with Crippen LogP contribution in [0.2, 0.25) is 5.02 Å². The van der Waals surface area contributed by atoms with Gasteiger partial charge in [0.1, 0.15) is 5.02 Å². The molecule has 2 aliphatic heterocycles. The summed E-state index contributed by atoms with van der Waals surface area (Å²) >= 11 is 5.86. The summed E-state index contributed by atoms with van der Waals surface area (Å²) in [6, 6.07) is 5.78. The Kier molecular flexibility index (Phi) is 4.42. The van der Waals surface area contributed by atoms with Crippen molar-refractivity contribution in [1.82, 2.24) is 9.80 Å². The molecule has 1 aromatic rings. The zero-order valence-electron chi connectivity index (χ0n) is 12.0. The second-order valence-corrected chi connectivity index (χ2v) is 6.37. The van der Waals surface area contributed by atoms with Crippen LogP contribution in [0.1, 0.15) is 24.8 Å². The van der Waals surface area contributed by atoms with Crippen molar-refractivity contribution in [3.63, 3.8) is 0 Å². The van der Waals surface area contributed by atoms with E-state index in [1.807, 2.05) is 6.07 Å². The molecule has 6 heteroatoms. The van der Waals surface area contributed by atoms with Crippen LogP contribution in [0.15, 0.2) is 18.2 Å². The molecule has 0 saturated carbocycles. The highest BCUT2D eigenvalue weighted by molar-refractivity contribution is 6.32. The lowest BCUT2D eigenvalue weighted by molar-refractivity contribution is -0.384. The van der Waals surface area contributed by atoms with Gasteiger partial charge in [0.15, 0.2) is 0 Å². The lowest BCUT2D eigenvalue weighted by Gasteiger charge is -2.23. The molecule has 0 aliphatic carbocycles. The highest BCUT2D eigenvalue weighted by atomic mass is 35.5. The van der Waals surface area contributed by atoms with E-state index in [2.05, 4.69) is 9.80 Å². The van der Waals surface area contributed by atoms with Gasteiger partial charge in [0.2, 0.25) is 0 Å². The maximum atomic E-state index is 10.9. The number of benzene rings is 1. The second kappa shape index (κ2) is 6.30. The van der Waals surface area contributed by atoms with Crippen molar-refractivity contribution in [3.8, 4) is 0 Å². The third-order valence-electron chi connectivity index (χ3n) is 4.52. The molecule has 0 amide bonds. The van der Waals surface area contributed by atoms with Gasteiger partial charge < -0.3 is 0 Å². The van der Waals surface area contributed by atoms with Gasteiger partial charge in [-0.3, -0.25) is 19.9 Å². The third kappa shape index (κ3) is 3.36. The van der Waals surface area contributed by atoms with Gasteiger partial charge in [-0.2, -0.15) is 0 Å². The number of nitro benzene ring substituents is 1. The fraction of sp³-hybridized carbons (Fsp3) is 0.600. The van der Waals surface area contributed by atoms with Crippen molar-refractivity contribution in [3.05, 3.63) is 38.9 Å². The Labute approximate surface area is 129 Å². The molecule has 0 bridgehead atoms. The van der Waals surface area contributed by atoms with Crippen LogP contribution in [-0.4, -0.2) is 46.9 Å². The number of nitro groups is 1. The molecule has 21 heavy (non-hydrogen) atoms. The van der Waals surface area contributed by atoms with Crippen molar-refractivity contribution in [1.29, 1.82) is 0 Å². The molecule has 1 unspecified atom stereocenters. The summed E-state index contributed by atoms with van der Waals surface area (Å²) in [5.74, 6) is 0. The number of rotatable bonds is 4. The van der Waals surface area contributed by atoms with Crippen LogP contribution < -0.4 is 0 Å². The van der Waals surface area contributed by atoms with E-state index in [1.165, 1.54) is 32.4 Å². The predicted molar refractivity (Wildman–Crippen MR) is 82.6 cm³/mol. The second-order valence-electron chi connectivity index (χ2n) is 5.96. The summed E-state index contributed by atoms with van der Waals surface area (Å²) in [6.45, 7) is 5.35. The van der Waals surface area contributed by atoms with Gasteiger partial charge >= 0.3 is 0 Å². The topological polar surface area (TPSA) is 49.6 Å². The largest absolute Gasteiger partial charge is 0.299 e.